The molecular weight excluding hydrogens is 292 g/mol. The van der Waals surface area contributed by atoms with Gasteiger partial charge in [-0.2, -0.15) is 5.10 Å². The largest absolute Gasteiger partial charge is 0.477 e. The van der Waals surface area contributed by atoms with E-state index in [0.717, 1.165) is 16.7 Å². The van der Waals surface area contributed by atoms with Crippen molar-refractivity contribution < 1.29 is 9.90 Å². The normalized spacial score (nSPS) is 12.5. The van der Waals surface area contributed by atoms with E-state index < -0.39 is 5.97 Å². The summed E-state index contributed by atoms with van der Waals surface area (Å²) in [5, 5.41) is 19.7. The Balaban J connectivity index is 2.04. The second kappa shape index (κ2) is 5.09. The zero-order valence-electron chi connectivity index (χ0n) is 11.3. The van der Waals surface area contributed by atoms with Gasteiger partial charge in [0.05, 0.1) is 11.4 Å². The van der Waals surface area contributed by atoms with Crippen LogP contribution in [0.1, 0.15) is 34.0 Å². The van der Waals surface area contributed by atoms with Gasteiger partial charge >= 0.3 is 5.97 Å². The molecule has 0 fully saturated rings. The van der Waals surface area contributed by atoms with Crippen LogP contribution in [0, 0.1) is 6.92 Å². The van der Waals surface area contributed by atoms with E-state index in [-0.39, 0.29) is 10.9 Å². The molecule has 9 heteroatoms. The van der Waals surface area contributed by atoms with Crippen molar-refractivity contribution in [2.24, 2.45) is 0 Å². The van der Waals surface area contributed by atoms with Crippen molar-refractivity contribution in [3.05, 3.63) is 28.9 Å². The van der Waals surface area contributed by atoms with Crippen molar-refractivity contribution in [3.8, 4) is 0 Å². The molecule has 0 unspecified atom stereocenters. The molecule has 21 heavy (non-hydrogen) atoms. The third kappa shape index (κ3) is 2.31. The molecule has 0 saturated carbocycles. The Morgan fingerprint density at radius 2 is 2.19 bits per heavy atom. The van der Waals surface area contributed by atoms with Gasteiger partial charge < -0.3 is 10.4 Å². The van der Waals surface area contributed by atoms with Gasteiger partial charge in [0.25, 0.3) is 0 Å². The van der Waals surface area contributed by atoms with E-state index in [1.165, 1.54) is 12.7 Å². The number of aromatic nitrogens is 5. The topological polar surface area (TPSA) is 117 Å². The molecule has 0 aromatic carbocycles. The van der Waals surface area contributed by atoms with Crippen LogP contribution in [0.4, 0.5) is 5.82 Å². The number of nitrogens with zero attached hydrogens (tertiary/aromatic N) is 4. The van der Waals surface area contributed by atoms with Gasteiger partial charge in [0, 0.05) is 0 Å². The summed E-state index contributed by atoms with van der Waals surface area (Å²) in [5.41, 5.74) is 0.662. The monoisotopic (exact) mass is 304 g/mol. The number of aryl methyl sites for hydroxylation is 1. The molecule has 0 aliphatic rings. The van der Waals surface area contributed by atoms with Gasteiger partial charge in [0.2, 0.25) is 0 Å². The lowest BCUT2D eigenvalue weighted by molar-refractivity contribution is 0.0701. The Bertz CT molecular complexity index is 798. The molecule has 8 nitrogen and oxygen atoms in total. The average molecular weight is 304 g/mol. The quantitative estimate of drug-likeness (QED) is 0.674. The molecule has 0 radical (unpaired) electrons. The van der Waals surface area contributed by atoms with Crippen LogP contribution in [0.3, 0.4) is 0 Å². The van der Waals surface area contributed by atoms with Crippen LogP contribution in [-0.4, -0.2) is 36.2 Å². The van der Waals surface area contributed by atoms with Crippen molar-refractivity contribution in [2.75, 3.05) is 5.32 Å². The molecule has 0 spiro atoms. The maximum atomic E-state index is 11.2. The fraction of sp³-hybridized carbons (Fsp3) is 0.250. The Morgan fingerprint density at radius 1 is 1.38 bits per heavy atom. The van der Waals surface area contributed by atoms with E-state index in [2.05, 4.69) is 30.5 Å². The molecule has 1 atom stereocenters. The van der Waals surface area contributed by atoms with Crippen molar-refractivity contribution in [3.63, 3.8) is 0 Å². The summed E-state index contributed by atoms with van der Waals surface area (Å²) < 4.78 is 0. The summed E-state index contributed by atoms with van der Waals surface area (Å²) in [5.74, 6) is 0.308. The first-order chi connectivity index (χ1) is 10.1. The number of hydrogen-bond acceptors (Lipinski definition) is 7. The Kier molecular flexibility index (Phi) is 3.26. The summed E-state index contributed by atoms with van der Waals surface area (Å²) in [4.78, 5) is 24.6. The molecule has 3 aromatic heterocycles. The molecule has 3 heterocycles. The molecule has 0 amide bonds. The number of carbonyl (C=O) groups is 1. The van der Waals surface area contributed by atoms with Gasteiger partial charge in [-0.25, -0.2) is 19.7 Å². The number of carboxylic acid groups (broad SMARTS) is 1. The number of aromatic amines is 1. The Morgan fingerprint density at radius 3 is 2.86 bits per heavy atom. The highest BCUT2D eigenvalue weighted by Gasteiger charge is 2.20. The number of rotatable bonds is 4. The third-order valence-corrected chi connectivity index (χ3v) is 4.31. The number of thiophene rings is 1. The molecule has 0 aliphatic carbocycles. The summed E-state index contributed by atoms with van der Waals surface area (Å²) in [6.07, 6.45) is 2.85. The zero-order chi connectivity index (χ0) is 15.0. The van der Waals surface area contributed by atoms with Gasteiger partial charge in [0.1, 0.15) is 34.0 Å². The maximum Gasteiger partial charge on any atom is 0.346 e. The van der Waals surface area contributed by atoms with Crippen LogP contribution < -0.4 is 5.32 Å². The van der Waals surface area contributed by atoms with Crippen LogP contribution in [-0.2, 0) is 0 Å². The van der Waals surface area contributed by atoms with Crippen LogP contribution in [0.15, 0.2) is 12.7 Å². The minimum Gasteiger partial charge on any atom is -0.477 e. The van der Waals surface area contributed by atoms with E-state index in [1.54, 1.807) is 6.92 Å². The van der Waals surface area contributed by atoms with Crippen LogP contribution in [0.2, 0.25) is 0 Å². The van der Waals surface area contributed by atoms with Gasteiger partial charge in [-0.05, 0) is 19.4 Å². The van der Waals surface area contributed by atoms with E-state index in [4.69, 9.17) is 0 Å². The van der Waals surface area contributed by atoms with Gasteiger partial charge in [-0.1, -0.05) is 0 Å². The summed E-state index contributed by atoms with van der Waals surface area (Å²) in [7, 11) is 0. The van der Waals surface area contributed by atoms with Crippen molar-refractivity contribution in [2.45, 2.75) is 19.9 Å². The fourth-order valence-corrected chi connectivity index (χ4v) is 3.07. The molecular formula is C12H12N6O2S. The van der Waals surface area contributed by atoms with Gasteiger partial charge in [0.15, 0.2) is 0 Å². The average Bonchev–Trinajstić information content (AvgIpc) is 3.07. The lowest BCUT2D eigenvalue weighted by Crippen LogP contribution is -2.10. The number of fused-ring (bicyclic) bond motifs is 1. The predicted molar refractivity (Wildman–Crippen MR) is 77.5 cm³/mol. The summed E-state index contributed by atoms with van der Waals surface area (Å²) in [6.45, 7) is 3.67. The first-order valence-corrected chi connectivity index (χ1v) is 6.98. The lowest BCUT2D eigenvalue weighted by Gasteiger charge is -2.12. The van der Waals surface area contributed by atoms with E-state index in [9.17, 15) is 9.90 Å². The minimum absolute atomic E-state index is 0.141. The first kappa shape index (κ1) is 13.4. The van der Waals surface area contributed by atoms with E-state index in [1.807, 2.05) is 6.92 Å². The van der Waals surface area contributed by atoms with Crippen molar-refractivity contribution in [1.29, 1.82) is 0 Å². The lowest BCUT2D eigenvalue weighted by atomic mass is 10.2. The second-order valence-corrected chi connectivity index (χ2v) is 5.50. The first-order valence-electron chi connectivity index (χ1n) is 6.17. The van der Waals surface area contributed by atoms with Gasteiger partial charge in [-0.15, -0.1) is 11.3 Å². The fourth-order valence-electron chi connectivity index (χ4n) is 2.08. The standard InChI is InChI=1S/C12H12N6O2S/c1-5-7-10(17-6(2)9-14-4-16-18-9)13-3-15-11(7)21-8(5)12(19)20/h3-4,6H,1-2H3,(H,19,20)(H,13,15,17)(H,14,16,18)/t6-/m0/s1. The number of nitrogens with one attached hydrogen (secondary N) is 2. The highest BCUT2D eigenvalue weighted by Crippen LogP contribution is 2.34. The molecule has 0 saturated heterocycles. The van der Waals surface area contributed by atoms with Crippen LogP contribution in [0.5, 0.6) is 0 Å². The Hall–Kier alpha value is -2.55. The number of aromatic carboxylic acids is 1. The zero-order valence-corrected chi connectivity index (χ0v) is 12.1. The molecule has 3 aromatic rings. The van der Waals surface area contributed by atoms with Crippen LogP contribution in [0.25, 0.3) is 10.2 Å². The van der Waals surface area contributed by atoms with Crippen molar-refractivity contribution in [1.82, 2.24) is 25.1 Å². The number of anilines is 1. The molecule has 0 aliphatic heterocycles. The highest BCUT2D eigenvalue weighted by atomic mass is 32.1. The molecule has 108 valence electrons. The number of hydrogen-bond donors (Lipinski definition) is 3. The predicted octanol–water partition coefficient (Wildman–Crippen LogP) is 1.99. The van der Waals surface area contributed by atoms with Crippen molar-refractivity contribution >= 4 is 33.3 Å². The molecule has 0 bridgehead atoms. The summed E-state index contributed by atoms with van der Waals surface area (Å²) in [6, 6.07) is -0.141. The maximum absolute atomic E-state index is 11.2. The third-order valence-electron chi connectivity index (χ3n) is 3.12. The highest BCUT2D eigenvalue weighted by molar-refractivity contribution is 7.20. The SMILES string of the molecule is Cc1c(C(=O)O)sc2ncnc(N[C@@H](C)c3ncn[nH]3)c12. The number of carboxylic acids is 1. The van der Waals surface area contributed by atoms with E-state index >= 15 is 0 Å². The molecule has 3 rings (SSSR count). The number of H-pyrrole nitrogens is 1. The molecule has 3 N–H and O–H groups in total. The Labute approximate surface area is 123 Å². The summed E-state index contributed by atoms with van der Waals surface area (Å²) >= 11 is 1.14. The second-order valence-electron chi connectivity index (χ2n) is 4.50. The van der Waals surface area contributed by atoms with Gasteiger partial charge in [-0.3, -0.25) is 5.10 Å². The smallest absolute Gasteiger partial charge is 0.346 e. The van der Waals surface area contributed by atoms with E-state index in [0.29, 0.717) is 22.0 Å². The minimum atomic E-state index is -0.954. The van der Waals surface area contributed by atoms with Crippen LogP contribution >= 0.6 is 11.3 Å².